The normalized spacial score (nSPS) is 11.2. The second-order valence-corrected chi connectivity index (χ2v) is 5.29. The molecule has 0 aliphatic heterocycles. The van der Waals surface area contributed by atoms with Crippen molar-refractivity contribution in [2.24, 2.45) is 4.99 Å². The first kappa shape index (κ1) is 18.6. The first-order valence-electron chi connectivity index (χ1n) is 8.22. The number of guanidine groups is 1. The van der Waals surface area contributed by atoms with Gasteiger partial charge in [-0.1, -0.05) is 5.16 Å². The molecule has 0 radical (unpaired) electrons. The van der Waals surface area contributed by atoms with Crippen molar-refractivity contribution in [3.63, 3.8) is 0 Å². The van der Waals surface area contributed by atoms with Gasteiger partial charge in [0.05, 0.1) is 13.7 Å². The minimum absolute atomic E-state index is 0.536. The Hall–Kier alpha value is -2.77. The predicted octanol–water partition coefficient (Wildman–Crippen LogP) is 1.56. The van der Waals surface area contributed by atoms with Gasteiger partial charge in [-0.2, -0.15) is 4.98 Å². The molecule has 0 unspecified atom stereocenters. The maximum atomic E-state index is 5.66. The largest absolute Gasteiger partial charge is 0.497 e. The van der Waals surface area contributed by atoms with E-state index in [4.69, 9.17) is 14.0 Å². The van der Waals surface area contributed by atoms with Crippen molar-refractivity contribution < 1.29 is 14.0 Å². The van der Waals surface area contributed by atoms with Crippen LogP contribution in [-0.2, 0) is 6.42 Å². The lowest BCUT2D eigenvalue weighted by Crippen LogP contribution is -2.39. The molecule has 136 valence electrons. The van der Waals surface area contributed by atoms with E-state index in [1.807, 2.05) is 31.2 Å². The number of nitrogens with zero attached hydrogens (tertiary/aromatic N) is 3. The fourth-order valence-corrected chi connectivity index (χ4v) is 2.12. The van der Waals surface area contributed by atoms with Gasteiger partial charge < -0.3 is 24.6 Å². The van der Waals surface area contributed by atoms with E-state index in [1.54, 1.807) is 14.2 Å². The Bertz CT molecular complexity index is 655. The number of hydrogen-bond acceptors (Lipinski definition) is 6. The van der Waals surface area contributed by atoms with E-state index >= 15 is 0 Å². The van der Waals surface area contributed by atoms with Gasteiger partial charge in [0.15, 0.2) is 11.8 Å². The highest BCUT2D eigenvalue weighted by Crippen LogP contribution is 2.16. The smallest absolute Gasteiger partial charge is 0.226 e. The van der Waals surface area contributed by atoms with Crippen molar-refractivity contribution in [2.45, 2.75) is 19.8 Å². The molecule has 8 nitrogen and oxygen atoms in total. The number of ether oxygens (including phenoxy) is 2. The molecule has 0 atom stereocenters. The van der Waals surface area contributed by atoms with Crippen LogP contribution in [0.25, 0.3) is 0 Å². The molecule has 0 spiro atoms. The van der Waals surface area contributed by atoms with Crippen LogP contribution in [-0.4, -0.2) is 50.0 Å². The second kappa shape index (κ2) is 10.2. The van der Waals surface area contributed by atoms with Crippen molar-refractivity contribution in [1.29, 1.82) is 0 Å². The summed E-state index contributed by atoms with van der Waals surface area (Å²) in [6, 6.07) is 7.50. The van der Waals surface area contributed by atoms with E-state index in [2.05, 4.69) is 25.8 Å². The molecule has 2 rings (SSSR count). The van der Waals surface area contributed by atoms with Gasteiger partial charge in [-0.25, -0.2) is 0 Å². The van der Waals surface area contributed by atoms with E-state index in [9.17, 15) is 0 Å². The highest BCUT2D eigenvalue weighted by atomic mass is 16.5. The van der Waals surface area contributed by atoms with Crippen molar-refractivity contribution in [3.05, 3.63) is 36.0 Å². The lowest BCUT2D eigenvalue weighted by atomic mass is 10.3. The third kappa shape index (κ3) is 6.70. The Morgan fingerprint density at radius 2 is 1.88 bits per heavy atom. The summed E-state index contributed by atoms with van der Waals surface area (Å²) in [5, 5.41) is 10.2. The number of benzene rings is 1. The highest BCUT2D eigenvalue weighted by Gasteiger charge is 2.03. The zero-order chi connectivity index (χ0) is 17.9. The maximum absolute atomic E-state index is 5.66. The number of rotatable bonds is 9. The fraction of sp³-hybridized carbons (Fsp3) is 0.471. The van der Waals surface area contributed by atoms with Crippen LogP contribution in [0.15, 0.2) is 33.8 Å². The lowest BCUT2D eigenvalue weighted by molar-refractivity contribution is 0.321. The van der Waals surface area contributed by atoms with Crippen molar-refractivity contribution in [3.8, 4) is 11.5 Å². The summed E-state index contributed by atoms with van der Waals surface area (Å²) in [6.07, 6.45) is 1.62. The monoisotopic (exact) mass is 347 g/mol. The zero-order valence-electron chi connectivity index (χ0n) is 14.9. The van der Waals surface area contributed by atoms with E-state index < -0.39 is 0 Å². The summed E-state index contributed by atoms with van der Waals surface area (Å²) in [7, 11) is 3.38. The molecular formula is C17H25N5O3. The SMILES string of the molecule is CN=C(NCCCc1nc(C)no1)NCCOc1ccc(OC)cc1. The molecular weight excluding hydrogens is 322 g/mol. The molecule has 25 heavy (non-hydrogen) atoms. The quantitative estimate of drug-likeness (QED) is 0.404. The number of aromatic nitrogens is 2. The summed E-state index contributed by atoms with van der Waals surface area (Å²) in [5.74, 6) is 3.68. The fourth-order valence-electron chi connectivity index (χ4n) is 2.12. The van der Waals surface area contributed by atoms with Gasteiger partial charge in [0.25, 0.3) is 0 Å². The van der Waals surface area contributed by atoms with Gasteiger partial charge in [-0.15, -0.1) is 0 Å². The number of hydrogen-bond donors (Lipinski definition) is 2. The number of aliphatic imine (C=N–C) groups is 1. The Morgan fingerprint density at radius 3 is 2.52 bits per heavy atom. The minimum Gasteiger partial charge on any atom is -0.497 e. The van der Waals surface area contributed by atoms with E-state index in [0.717, 1.165) is 36.8 Å². The summed E-state index contributed by atoms with van der Waals surface area (Å²) >= 11 is 0. The first-order chi connectivity index (χ1) is 12.2. The average molecular weight is 347 g/mol. The topological polar surface area (TPSA) is 93.8 Å². The van der Waals surface area contributed by atoms with Gasteiger partial charge in [0.2, 0.25) is 5.89 Å². The van der Waals surface area contributed by atoms with Crippen molar-refractivity contribution >= 4 is 5.96 Å². The molecule has 1 aromatic heterocycles. The third-order valence-corrected chi connectivity index (χ3v) is 3.38. The van der Waals surface area contributed by atoms with Gasteiger partial charge in [0.1, 0.15) is 18.1 Å². The minimum atomic E-state index is 0.536. The summed E-state index contributed by atoms with van der Waals surface area (Å²) in [5.41, 5.74) is 0. The Morgan fingerprint density at radius 1 is 1.16 bits per heavy atom. The van der Waals surface area contributed by atoms with Gasteiger partial charge >= 0.3 is 0 Å². The molecule has 0 amide bonds. The van der Waals surface area contributed by atoms with Gasteiger partial charge in [-0.05, 0) is 37.6 Å². The molecule has 0 bridgehead atoms. The van der Waals surface area contributed by atoms with Crippen LogP contribution in [0.3, 0.4) is 0 Å². The number of methoxy groups -OCH3 is 1. The Balaban J connectivity index is 1.58. The van der Waals surface area contributed by atoms with Crippen LogP contribution in [0.1, 0.15) is 18.1 Å². The summed E-state index contributed by atoms with van der Waals surface area (Å²) in [6.45, 7) is 3.76. The zero-order valence-corrected chi connectivity index (χ0v) is 14.9. The maximum Gasteiger partial charge on any atom is 0.226 e. The molecule has 1 heterocycles. The molecule has 0 saturated heterocycles. The van der Waals surface area contributed by atoms with Gasteiger partial charge in [0, 0.05) is 20.0 Å². The van der Waals surface area contributed by atoms with Crippen LogP contribution in [0.4, 0.5) is 0 Å². The van der Waals surface area contributed by atoms with Crippen LogP contribution in [0.2, 0.25) is 0 Å². The second-order valence-electron chi connectivity index (χ2n) is 5.29. The molecule has 2 N–H and O–H groups in total. The Labute approximate surface area is 147 Å². The van der Waals surface area contributed by atoms with E-state index in [1.165, 1.54) is 0 Å². The van der Waals surface area contributed by atoms with E-state index in [0.29, 0.717) is 24.9 Å². The predicted molar refractivity (Wildman–Crippen MR) is 95.2 cm³/mol. The van der Waals surface area contributed by atoms with Crippen molar-refractivity contribution in [1.82, 2.24) is 20.8 Å². The molecule has 1 aromatic carbocycles. The summed E-state index contributed by atoms with van der Waals surface area (Å²) < 4.78 is 15.8. The summed E-state index contributed by atoms with van der Waals surface area (Å²) in [4.78, 5) is 8.35. The molecule has 0 aliphatic rings. The standard InChI is InChI=1S/C17H25N5O3/c1-13-21-16(25-22-13)5-4-10-19-17(18-2)20-11-12-24-15-8-6-14(23-3)7-9-15/h6-9H,4-5,10-12H2,1-3H3,(H2,18,19,20). The molecule has 8 heteroatoms. The van der Waals surface area contributed by atoms with Gasteiger partial charge in [-0.3, -0.25) is 4.99 Å². The molecule has 0 saturated carbocycles. The van der Waals surface area contributed by atoms with E-state index in [-0.39, 0.29) is 0 Å². The number of nitrogens with one attached hydrogen (secondary N) is 2. The third-order valence-electron chi connectivity index (χ3n) is 3.38. The first-order valence-corrected chi connectivity index (χ1v) is 8.22. The average Bonchev–Trinajstić information content (AvgIpc) is 3.06. The van der Waals surface area contributed by atoms with Crippen LogP contribution >= 0.6 is 0 Å². The van der Waals surface area contributed by atoms with Crippen LogP contribution in [0, 0.1) is 6.92 Å². The number of aryl methyl sites for hydroxylation is 2. The molecule has 0 fully saturated rings. The Kier molecular flexibility index (Phi) is 7.55. The van der Waals surface area contributed by atoms with Crippen LogP contribution in [0.5, 0.6) is 11.5 Å². The molecule has 0 aliphatic carbocycles. The highest BCUT2D eigenvalue weighted by molar-refractivity contribution is 5.79. The molecule has 2 aromatic rings. The lowest BCUT2D eigenvalue weighted by Gasteiger charge is -2.12. The van der Waals surface area contributed by atoms with Crippen molar-refractivity contribution in [2.75, 3.05) is 33.9 Å². The van der Waals surface area contributed by atoms with Crippen LogP contribution < -0.4 is 20.1 Å².